The summed E-state index contributed by atoms with van der Waals surface area (Å²) < 4.78 is 78.3. The van der Waals surface area contributed by atoms with Gasteiger partial charge in [-0.2, -0.15) is 30.5 Å². The lowest BCUT2D eigenvalue weighted by atomic mass is 9.39. The van der Waals surface area contributed by atoms with E-state index in [0.717, 1.165) is 64.5 Å². The van der Waals surface area contributed by atoms with Crippen molar-refractivity contribution in [3.8, 4) is 24.2 Å². The van der Waals surface area contributed by atoms with Crippen LogP contribution in [0, 0.1) is 45.6 Å². The summed E-state index contributed by atoms with van der Waals surface area (Å²) in [6.07, 6.45) is 4.30. The Morgan fingerprint density at radius 1 is 0.730 bits per heavy atom. The van der Waals surface area contributed by atoms with Crippen LogP contribution in [-0.2, 0) is 46.8 Å². The highest BCUT2D eigenvalue weighted by atomic mass is 35.5. The van der Waals surface area contributed by atoms with Crippen LogP contribution >= 0.6 is 23.2 Å². The summed E-state index contributed by atoms with van der Waals surface area (Å²) in [5.74, 6) is -3.46. The van der Waals surface area contributed by atoms with E-state index in [-0.39, 0.29) is 78.0 Å². The van der Waals surface area contributed by atoms with Crippen molar-refractivity contribution in [2.75, 3.05) is 105 Å². The van der Waals surface area contributed by atoms with Crippen molar-refractivity contribution in [2.24, 2.45) is 11.3 Å². The Labute approximate surface area is 522 Å². The average molecular weight is 1260 g/mol. The molecule has 0 radical (unpaired) electrons. The Hall–Kier alpha value is -8.02. The van der Waals surface area contributed by atoms with Gasteiger partial charge >= 0.3 is 12.0 Å². The molecule has 3 saturated heterocycles. The van der Waals surface area contributed by atoms with Gasteiger partial charge < -0.3 is 43.6 Å². The maximum absolute atomic E-state index is 16.4. The van der Waals surface area contributed by atoms with Gasteiger partial charge in [-0.3, -0.25) is 14.5 Å². The topological polar surface area (TPSA) is 184 Å². The quantitative estimate of drug-likeness (QED) is 0.0620. The third-order valence-electron chi connectivity index (χ3n) is 19.3. The first-order valence-electron chi connectivity index (χ1n) is 30.1. The molecule has 14 rings (SSSR count). The molecule has 0 N–H and O–H groups in total. The van der Waals surface area contributed by atoms with Gasteiger partial charge in [-0.05, 0) is 86.2 Å². The molecule has 7 heterocycles. The standard InChI is InChI=1S/C65H65Cl2F4N13O5/c1-38(68)60(85)83-23-21-81(28-43(83)12-17-72)58-46-15-20-80(31-50(46)74-62(76-58)88-33-40-16-25-87-32-40)53-9-5-7-45-42(26-49(71)57(67)55(45)53)27-78(3)65-34-64(35-65,36-65)37-89-63-75-51-30-79(52-8-4-6-41-10-11-48(70)56(66)54(41)52)19-14-47(51)59(77-63)82-22-24-84(61(86)39(2)69)44(29-82)13-18-73/h4-11,26,40,43-44H,1-2,12-16,19-25,27-37H2,3H3/t40?,43-,44-,64?,65?/m0/s1. The molecule has 24 heteroatoms. The number of carbonyl (C=O) groups is 2. The van der Waals surface area contributed by atoms with E-state index in [1.165, 1.54) is 21.9 Å². The number of amides is 2. The van der Waals surface area contributed by atoms with Gasteiger partial charge in [-0.1, -0.05) is 66.7 Å². The molecule has 3 saturated carbocycles. The molecule has 2 aromatic heterocycles. The minimum absolute atomic E-state index is 0.0103. The van der Waals surface area contributed by atoms with Crippen LogP contribution in [0.15, 0.2) is 79.4 Å². The Balaban J connectivity index is 0.728. The molecular weight excluding hydrogens is 1190 g/mol. The van der Waals surface area contributed by atoms with E-state index in [2.05, 4.69) is 47.0 Å². The van der Waals surface area contributed by atoms with Crippen LogP contribution in [0.4, 0.5) is 40.6 Å². The normalized spacial score (nSPS) is 22.9. The van der Waals surface area contributed by atoms with E-state index in [0.29, 0.717) is 119 Å². The molecule has 2 bridgehead atoms. The molecule has 5 aliphatic heterocycles. The maximum Gasteiger partial charge on any atom is 0.318 e. The minimum atomic E-state index is -1.09. The summed E-state index contributed by atoms with van der Waals surface area (Å²) in [6, 6.07) is 19.7. The van der Waals surface area contributed by atoms with Gasteiger partial charge in [0.25, 0.3) is 11.8 Å². The second-order valence-electron chi connectivity index (χ2n) is 24.8. The van der Waals surface area contributed by atoms with Crippen LogP contribution < -0.4 is 29.1 Å². The van der Waals surface area contributed by atoms with E-state index < -0.39 is 47.2 Å². The first kappa shape index (κ1) is 59.9. The molecule has 89 heavy (non-hydrogen) atoms. The highest BCUT2D eigenvalue weighted by Crippen LogP contribution is 2.70. The van der Waals surface area contributed by atoms with Crippen LogP contribution in [0.25, 0.3) is 21.5 Å². The smallest absolute Gasteiger partial charge is 0.318 e. The first-order valence-corrected chi connectivity index (χ1v) is 30.8. The van der Waals surface area contributed by atoms with Crippen molar-refractivity contribution >= 4 is 79.6 Å². The SMILES string of the molecule is C=C(F)C(=O)N1CCN(c2nc(OCC34CC(N(C)Cc5cc(F)c(Cl)c6c(N7CCc8c(nc(OCC9CCOC9)nc8N8CCN(C(=O)C(=C)F)[C@@H](CC#N)C8)C7)cccc56)(C3)C4)nc3c2CCN(c2cccc4ccc(F)c(Cl)c24)C3)C[C@@H]1CC#N. The highest BCUT2D eigenvalue weighted by molar-refractivity contribution is 6.37. The summed E-state index contributed by atoms with van der Waals surface area (Å²) >= 11 is 13.6. The second kappa shape index (κ2) is 24.1. The molecule has 1 unspecified atom stereocenters. The zero-order chi connectivity index (χ0) is 62.0. The predicted molar refractivity (Wildman–Crippen MR) is 328 cm³/mol. The Bertz CT molecular complexity index is 3950. The molecule has 3 atom stereocenters. The fraction of sp³-hybridized carbons (Fsp3) is 0.446. The van der Waals surface area contributed by atoms with E-state index in [4.69, 9.17) is 57.3 Å². The average Bonchev–Trinajstić information content (AvgIpc) is 0.976. The number of benzene rings is 4. The lowest BCUT2D eigenvalue weighted by molar-refractivity contribution is -0.229. The monoisotopic (exact) mass is 1250 g/mol. The number of nitrogens with zero attached hydrogens (tertiary/aromatic N) is 13. The van der Waals surface area contributed by atoms with Crippen LogP contribution in [0.2, 0.25) is 10.0 Å². The van der Waals surface area contributed by atoms with Crippen molar-refractivity contribution in [1.29, 1.82) is 10.5 Å². The molecule has 18 nitrogen and oxygen atoms in total. The minimum Gasteiger partial charge on any atom is -0.463 e. The van der Waals surface area contributed by atoms with Gasteiger partial charge in [-0.25, -0.2) is 17.6 Å². The highest BCUT2D eigenvalue weighted by Gasteiger charge is 2.69. The predicted octanol–water partition coefficient (Wildman–Crippen LogP) is 9.96. The molecule has 462 valence electrons. The lowest BCUT2D eigenvalue weighted by Gasteiger charge is -2.73. The number of aromatic nitrogens is 4. The van der Waals surface area contributed by atoms with Gasteiger partial charge in [-0.15, -0.1) is 0 Å². The molecule has 2 amide bonds. The third-order valence-corrected chi connectivity index (χ3v) is 20.0. The first-order chi connectivity index (χ1) is 42.9. The van der Waals surface area contributed by atoms with Crippen molar-refractivity contribution in [3.63, 3.8) is 0 Å². The molecule has 3 aliphatic carbocycles. The number of ether oxygens (including phenoxy) is 3. The molecule has 6 fully saturated rings. The van der Waals surface area contributed by atoms with Crippen molar-refractivity contribution in [2.45, 2.75) is 88.6 Å². The van der Waals surface area contributed by atoms with Crippen molar-refractivity contribution in [3.05, 3.63) is 129 Å². The molecule has 0 spiro atoms. The van der Waals surface area contributed by atoms with Crippen molar-refractivity contribution < 1.29 is 41.4 Å². The fourth-order valence-electron chi connectivity index (χ4n) is 14.8. The zero-order valence-corrected chi connectivity index (χ0v) is 50.7. The van der Waals surface area contributed by atoms with E-state index in [1.807, 2.05) is 46.2 Å². The number of hydrogen-bond acceptors (Lipinski definition) is 16. The van der Waals surface area contributed by atoms with Gasteiger partial charge in [0.05, 0.1) is 91.4 Å². The Morgan fingerprint density at radius 3 is 1.85 bits per heavy atom. The number of nitriles is 2. The second-order valence-corrected chi connectivity index (χ2v) is 25.5. The fourth-order valence-corrected chi connectivity index (χ4v) is 15.3. The Morgan fingerprint density at radius 2 is 1.29 bits per heavy atom. The summed E-state index contributed by atoms with van der Waals surface area (Å²) in [6.45, 7) is 11.9. The van der Waals surface area contributed by atoms with Crippen LogP contribution in [-0.4, -0.2) is 150 Å². The maximum atomic E-state index is 16.4. The number of halogens is 6. The molecule has 6 aromatic rings. The number of rotatable bonds is 17. The van der Waals surface area contributed by atoms with E-state index >= 15 is 4.39 Å². The van der Waals surface area contributed by atoms with Gasteiger partial charge in [0.15, 0.2) is 11.7 Å². The van der Waals surface area contributed by atoms with Crippen LogP contribution in [0.1, 0.15) is 66.6 Å². The molecule has 4 aromatic carbocycles. The summed E-state index contributed by atoms with van der Waals surface area (Å²) in [4.78, 5) is 59.1. The van der Waals surface area contributed by atoms with Gasteiger partial charge in [0.1, 0.15) is 23.3 Å². The number of fused-ring (bicyclic) bond motifs is 4. The summed E-state index contributed by atoms with van der Waals surface area (Å²) in [5.41, 5.74) is 5.16. The van der Waals surface area contributed by atoms with Crippen molar-refractivity contribution in [1.82, 2.24) is 34.6 Å². The van der Waals surface area contributed by atoms with Gasteiger partial charge in [0.2, 0.25) is 0 Å². The molecule has 8 aliphatic rings. The van der Waals surface area contributed by atoms with Crippen LogP contribution in [0.3, 0.4) is 0 Å². The number of anilines is 4. The number of carbonyl (C=O) groups excluding carboxylic acids is 2. The van der Waals surface area contributed by atoms with E-state index in [1.54, 1.807) is 6.07 Å². The number of hydrogen-bond donors (Lipinski definition) is 0. The van der Waals surface area contributed by atoms with Crippen LogP contribution in [0.5, 0.6) is 12.0 Å². The Kier molecular flexibility index (Phi) is 16.2. The summed E-state index contributed by atoms with van der Waals surface area (Å²) in [5, 5.41) is 22.4. The largest absolute Gasteiger partial charge is 0.463 e. The van der Waals surface area contributed by atoms with E-state index in [9.17, 15) is 33.3 Å². The molecular formula is C65H65Cl2F4N13O5. The zero-order valence-electron chi connectivity index (χ0n) is 49.2. The lowest BCUT2D eigenvalue weighted by Crippen LogP contribution is -2.75. The number of piperazine rings is 2. The third kappa shape index (κ3) is 11.1. The summed E-state index contributed by atoms with van der Waals surface area (Å²) in [7, 11) is 2.07. The van der Waals surface area contributed by atoms with Gasteiger partial charge in [0, 0.05) is 116 Å².